The number of benzene rings is 1. The molecule has 108 valence electrons. The molecule has 2 aliphatic rings. The maximum atomic E-state index is 8.95. The molecule has 3 rings (SSSR count). The monoisotopic (exact) mass is 279 g/mol. The molecular weight excluding hydrogens is 258 g/mol. The van der Waals surface area contributed by atoms with Crippen molar-refractivity contribution in [1.82, 2.24) is 0 Å². The van der Waals surface area contributed by atoms with E-state index in [-0.39, 0.29) is 5.41 Å². The average molecular weight is 279 g/mol. The fourth-order valence-electron chi connectivity index (χ4n) is 3.56. The second kappa shape index (κ2) is 5.07. The molecule has 3 atom stereocenters. The third-order valence-corrected chi connectivity index (χ3v) is 5.05. The van der Waals surface area contributed by atoms with Crippen molar-refractivity contribution < 1.29 is 4.74 Å². The standard InChI is InChI=1S/C19H21NO/c1-13-10-15(21-3)4-5-16(13)17-11-18(17)19(2)8-6-14(12-20)7-9-19/h4-8,10,17-18H,9,11H2,1-3H3. The van der Waals surface area contributed by atoms with Crippen LogP contribution in [-0.4, -0.2) is 7.11 Å². The van der Waals surface area contributed by atoms with E-state index < -0.39 is 0 Å². The van der Waals surface area contributed by atoms with Gasteiger partial charge >= 0.3 is 0 Å². The quantitative estimate of drug-likeness (QED) is 0.814. The van der Waals surface area contributed by atoms with Crippen molar-refractivity contribution in [2.75, 3.05) is 7.11 Å². The van der Waals surface area contributed by atoms with Crippen LogP contribution in [0.25, 0.3) is 0 Å². The van der Waals surface area contributed by atoms with Crippen LogP contribution in [0.5, 0.6) is 5.75 Å². The minimum Gasteiger partial charge on any atom is -0.497 e. The highest BCUT2D eigenvalue weighted by Crippen LogP contribution is 2.60. The summed E-state index contributed by atoms with van der Waals surface area (Å²) in [5, 5.41) is 8.95. The number of hydrogen-bond donors (Lipinski definition) is 0. The number of nitriles is 1. The van der Waals surface area contributed by atoms with Gasteiger partial charge in [0.1, 0.15) is 5.75 Å². The molecule has 0 N–H and O–H groups in total. The third-order valence-electron chi connectivity index (χ3n) is 5.05. The van der Waals surface area contributed by atoms with E-state index in [1.807, 2.05) is 6.08 Å². The van der Waals surface area contributed by atoms with E-state index in [9.17, 15) is 0 Å². The highest BCUT2D eigenvalue weighted by molar-refractivity contribution is 5.42. The van der Waals surface area contributed by atoms with Crippen LogP contribution in [0.15, 0.2) is 42.0 Å². The van der Waals surface area contributed by atoms with Gasteiger partial charge in [0, 0.05) is 5.57 Å². The van der Waals surface area contributed by atoms with E-state index in [0.717, 1.165) is 17.7 Å². The lowest BCUT2D eigenvalue weighted by molar-refractivity contribution is 0.358. The minimum atomic E-state index is 0.192. The summed E-state index contributed by atoms with van der Waals surface area (Å²) < 4.78 is 5.29. The molecule has 0 heterocycles. The molecule has 0 aliphatic heterocycles. The van der Waals surface area contributed by atoms with Crippen molar-refractivity contribution in [2.24, 2.45) is 11.3 Å². The normalized spacial score (nSPS) is 30.5. The zero-order valence-corrected chi connectivity index (χ0v) is 12.9. The second-order valence-electron chi connectivity index (χ2n) is 6.49. The van der Waals surface area contributed by atoms with Crippen LogP contribution in [-0.2, 0) is 0 Å². The Labute approximate surface area is 126 Å². The van der Waals surface area contributed by atoms with Gasteiger partial charge < -0.3 is 4.74 Å². The summed E-state index contributed by atoms with van der Waals surface area (Å²) in [6, 6.07) is 8.62. The molecule has 2 heteroatoms. The minimum absolute atomic E-state index is 0.192. The molecule has 1 fully saturated rings. The lowest BCUT2D eigenvalue weighted by Gasteiger charge is -2.28. The van der Waals surface area contributed by atoms with Gasteiger partial charge in [-0.05, 0) is 66.4 Å². The van der Waals surface area contributed by atoms with Crippen molar-refractivity contribution in [2.45, 2.75) is 32.6 Å². The molecule has 0 saturated heterocycles. The van der Waals surface area contributed by atoms with Crippen molar-refractivity contribution in [3.05, 3.63) is 53.1 Å². The molecule has 1 saturated carbocycles. The summed E-state index contributed by atoms with van der Waals surface area (Å²) in [6.07, 6.45) is 8.53. The Hall–Kier alpha value is -2.01. The van der Waals surface area contributed by atoms with Crippen molar-refractivity contribution in [3.63, 3.8) is 0 Å². The number of ether oxygens (including phenoxy) is 1. The summed E-state index contributed by atoms with van der Waals surface area (Å²) in [5.41, 5.74) is 3.76. The first-order valence-corrected chi connectivity index (χ1v) is 7.51. The zero-order chi connectivity index (χ0) is 15.0. The van der Waals surface area contributed by atoms with Gasteiger partial charge in [-0.25, -0.2) is 0 Å². The zero-order valence-electron chi connectivity index (χ0n) is 12.9. The summed E-state index contributed by atoms with van der Waals surface area (Å²) in [4.78, 5) is 0. The summed E-state index contributed by atoms with van der Waals surface area (Å²) in [6.45, 7) is 4.48. The molecule has 0 bridgehead atoms. The number of hydrogen-bond acceptors (Lipinski definition) is 2. The van der Waals surface area contributed by atoms with Crippen LogP contribution >= 0.6 is 0 Å². The van der Waals surface area contributed by atoms with Crippen molar-refractivity contribution in [3.8, 4) is 11.8 Å². The van der Waals surface area contributed by atoms with E-state index in [4.69, 9.17) is 10.00 Å². The Morgan fingerprint density at radius 3 is 2.76 bits per heavy atom. The maximum absolute atomic E-state index is 8.95. The molecule has 0 amide bonds. The molecule has 0 radical (unpaired) electrons. The van der Waals surface area contributed by atoms with E-state index in [1.54, 1.807) is 7.11 Å². The topological polar surface area (TPSA) is 33.0 Å². The van der Waals surface area contributed by atoms with Crippen molar-refractivity contribution in [1.29, 1.82) is 5.26 Å². The molecule has 2 nitrogen and oxygen atoms in total. The summed E-state index contributed by atoms with van der Waals surface area (Å²) >= 11 is 0. The molecule has 2 aliphatic carbocycles. The molecule has 1 aromatic rings. The summed E-state index contributed by atoms with van der Waals surface area (Å²) in [5.74, 6) is 2.25. The summed E-state index contributed by atoms with van der Waals surface area (Å²) in [7, 11) is 1.71. The number of aryl methyl sites for hydroxylation is 1. The van der Waals surface area contributed by atoms with Gasteiger partial charge in [0.2, 0.25) is 0 Å². The first-order chi connectivity index (χ1) is 10.1. The molecule has 0 spiro atoms. The second-order valence-corrected chi connectivity index (χ2v) is 6.49. The van der Waals surface area contributed by atoms with Crippen LogP contribution in [0.2, 0.25) is 0 Å². The Bertz CT molecular complexity index is 665. The SMILES string of the molecule is COc1ccc(C2CC2C2(C)C=CC(C#N)=CC2)c(C)c1. The van der Waals surface area contributed by atoms with Gasteiger partial charge in [-0.2, -0.15) is 5.26 Å². The third kappa shape index (κ3) is 2.49. The molecule has 3 unspecified atom stereocenters. The predicted molar refractivity (Wildman–Crippen MR) is 84.1 cm³/mol. The van der Waals surface area contributed by atoms with Crippen LogP contribution in [0.1, 0.15) is 36.8 Å². The Balaban J connectivity index is 1.77. The Kier molecular flexibility index (Phi) is 3.37. The highest BCUT2D eigenvalue weighted by atomic mass is 16.5. The number of allylic oxidation sites excluding steroid dienone is 4. The smallest absolute Gasteiger partial charge is 0.119 e. The van der Waals surface area contributed by atoms with Crippen LogP contribution in [0.4, 0.5) is 0 Å². The van der Waals surface area contributed by atoms with Gasteiger partial charge in [0.05, 0.1) is 13.2 Å². The number of methoxy groups -OCH3 is 1. The van der Waals surface area contributed by atoms with E-state index in [2.05, 4.69) is 50.3 Å². The van der Waals surface area contributed by atoms with Crippen molar-refractivity contribution >= 4 is 0 Å². The van der Waals surface area contributed by atoms with Gasteiger partial charge in [-0.3, -0.25) is 0 Å². The number of rotatable bonds is 3. The fraction of sp³-hybridized carbons (Fsp3) is 0.421. The Morgan fingerprint density at radius 2 is 2.19 bits per heavy atom. The molecule has 0 aromatic heterocycles. The first-order valence-electron chi connectivity index (χ1n) is 7.51. The molecule has 21 heavy (non-hydrogen) atoms. The lowest BCUT2D eigenvalue weighted by atomic mass is 9.76. The predicted octanol–water partition coefficient (Wildman–Crippen LogP) is 4.52. The van der Waals surface area contributed by atoms with E-state index in [1.165, 1.54) is 17.5 Å². The molecular formula is C19H21NO. The van der Waals surface area contributed by atoms with Crippen LogP contribution in [0.3, 0.4) is 0 Å². The average Bonchev–Trinajstić information content (AvgIpc) is 3.29. The van der Waals surface area contributed by atoms with E-state index >= 15 is 0 Å². The highest BCUT2D eigenvalue weighted by Gasteiger charge is 2.49. The van der Waals surface area contributed by atoms with Crippen LogP contribution in [0, 0.1) is 29.6 Å². The Morgan fingerprint density at radius 1 is 1.38 bits per heavy atom. The van der Waals surface area contributed by atoms with Crippen LogP contribution < -0.4 is 4.74 Å². The van der Waals surface area contributed by atoms with Gasteiger partial charge in [0.15, 0.2) is 0 Å². The maximum Gasteiger partial charge on any atom is 0.119 e. The fourth-order valence-corrected chi connectivity index (χ4v) is 3.56. The van der Waals surface area contributed by atoms with Gasteiger partial charge in [0.25, 0.3) is 0 Å². The lowest BCUT2D eigenvalue weighted by Crippen LogP contribution is -2.18. The largest absolute Gasteiger partial charge is 0.497 e. The number of nitrogens with zero attached hydrogens (tertiary/aromatic N) is 1. The van der Waals surface area contributed by atoms with E-state index in [0.29, 0.717) is 11.8 Å². The first kappa shape index (κ1) is 13.9. The molecule has 1 aromatic carbocycles. The van der Waals surface area contributed by atoms with Gasteiger partial charge in [-0.15, -0.1) is 0 Å². The van der Waals surface area contributed by atoms with Gasteiger partial charge in [-0.1, -0.05) is 25.1 Å².